The Morgan fingerprint density at radius 2 is 1.48 bits per heavy atom. The van der Waals surface area contributed by atoms with Crippen LogP contribution in [-0.4, -0.2) is 27.0 Å². The maximum absolute atomic E-state index is 12.9. The highest BCUT2D eigenvalue weighted by Gasteiger charge is 2.18. The summed E-state index contributed by atoms with van der Waals surface area (Å²) in [6, 6.07) is 21.8. The molecular formula is C25H28N2O5S. The van der Waals surface area contributed by atoms with Crippen LogP contribution in [0, 0.1) is 5.92 Å². The summed E-state index contributed by atoms with van der Waals surface area (Å²) in [6.45, 7) is 6.22. The molecule has 3 rings (SSSR count). The quantitative estimate of drug-likeness (QED) is 0.445. The Labute approximate surface area is 194 Å². The van der Waals surface area contributed by atoms with Crippen LogP contribution in [0.4, 0.5) is 5.69 Å². The summed E-state index contributed by atoms with van der Waals surface area (Å²) in [5, 5.41) is 2.81. The lowest BCUT2D eigenvalue weighted by Gasteiger charge is -2.16. The zero-order valence-electron chi connectivity index (χ0n) is 18.8. The van der Waals surface area contributed by atoms with E-state index in [2.05, 4.69) is 10.0 Å². The first-order valence-electron chi connectivity index (χ1n) is 10.6. The average Bonchev–Trinajstić information content (AvgIpc) is 2.79. The highest BCUT2D eigenvalue weighted by atomic mass is 32.2. The molecule has 2 N–H and O–H groups in total. The summed E-state index contributed by atoms with van der Waals surface area (Å²) in [4.78, 5) is 12.1. The third-order valence-electron chi connectivity index (χ3n) is 4.60. The first-order chi connectivity index (χ1) is 15.7. The van der Waals surface area contributed by atoms with E-state index in [-0.39, 0.29) is 10.8 Å². The van der Waals surface area contributed by atoms with Crippen molar-refractivity contribution in [1.82, 2.24) is 5.32 Å². The van der Waals surface area contributed by atoms with E-state index in [1.165, 1.54) is 24.3 Å². The van der Waals surface area contributed by atoms with Crippen LogP contribution in [0.25, 0.3) is 0 Å². The lowest BCUT2D eigenvalue weighted by atomic mass is 10.2. The van der Waals surface area contributed by atoms with E-state index < -0.39 is 16.1 Å². The number of amides is 1. The maximum Gasteiger partial charge on any atom is 0.262 e. The van der Waals surface area contributed by atoms with Gasteiger partial charge >= 0.3 is 0 Å². The fourth-order valence-corrected chi connectivity index (χ4v) is 3.93. The molecule has 0 aliphatic carbocycles. The highest BCUT2D eigenvalue weighted by molar-refractivity contribution is 7.92. The largest absolute Gasteiger partial charge is 0.481 e. The molecule has 0 radical (unpaired) electrons. The van der Waals surface area contributed by atoms with Gasteiger partial charge in [-0.3, -0.25) is 9.52 Å². The van der Waals surface area contributed by atoms with Crippen molar-refractivity contribution in [2.75, 3.05) is 11.3 Å². The molecule has 7 nitrogen and oxygen atoms in total. The Kier molecular flexibility index (Phi) is 7.95. The lowest BCUT2D eigenvalue weighted by Crippen LogP contribution is -2.38. The minimum Gasteiger partial charge on any atom is -0.481 e. The summed E-state index contributed by atoms with van der Waals surface area (Å²) in [5.74, 6) is 1.48. The summed E-state index contributed by atoms with van der Waals surface area (Å²) < 4.78 is 39.9. The van der Waals surface area contributed by atoms with Gasteiger partial charge in [-0.15, -0.1) is 0 Å². The molecule has 0 saturated carbocycles. The Bertz CT molecular complexity index is 1160. The van der Waals surface area contributed by atoms with Crippen molar-refractivity contribution >= 4 is 21.6 Å². The molecule has 1 amide bonds. The van der Waals surface area contributed by atoms with E-state index in [0.717, 1.165) is 0 Å². The molecule has 174 valence electrons. The average molecular weight is 469 g/mol. The number of carbonyl (C=O) groups excluding carboxylic acids is 1. The topological polar surface area (TPSA) is 93.7 Å². The second kappa shape index (κ2) is 10.9. The number of sulfonamides is 1. The lowest BCUT2D eigenvalue weighted by molar-refractivity contribution is -0.127. The maximum atomic E-state index is 12.9. The van der Waals surface area contributed by atoms with Crippen molar-refractivity contribution in [2.45, 2.75) is 31.8 Å². The van der Waals surface area contributed by atoms with Gasteiger partial charge in [0.25, 0.3) is 15.9 Å². The molecule has 0 aliphatic heterocycles. The summed E-state index contributed by atoms with van der Waals surface area (Å²) in [6.07, 6.45) is -0.702. The number of hydrogen-bond acceptors (Lipinski definition) is 5. The highest BCUT2D eigenvalue weighted by Crippen LogP contribution is 2.31. The van der Waals surface area contributed by atoms with Crippen LogP contribution in [0.5, 0.6) is 17.2 Å². The molecule has 8 heteroatoms. The van der Waals surface area contributed by atoms with Gasteiger partial charge in [0.1, 0.15) is 11.5 Å². The predicted octanol–water partition coefficient (Wildman–Crippen LogP) is 4.82. The molecule has 0 unspecified atom stereocenters. The number of anilines is 1. The second-order valence-electron chi connectivity index (χ2n) is 7.89. The molecule has 0 fully saturated rings. The van der Waals surface area contributed by atoms with Gasteiger partial charge in [-0.1, -0.05) is 44.2 Å². The molecular weight excluding hydrogens is 440 g/mol. The molecule has 1 atom stereocenters. The number of carbonyl (C=O) groups is 1. The first kappa shape index (κ1) is 24.1. The number of hydrogen-bond donors (Lipinski definition) is 2. The number of ether oxygens (including phenoxy) is 2. The standard InChI is InChI=1S/C25H28N2O5S/c1-18(2)17-26-25(28)19(3)31-21-13-15-22(16-14-21)33(29,30)27-23-11-7-8-12-24(23)32-20-9-5-4-6-10-20/h4-16,18-19,27H,17H2,1-3H3,(H,26,28)/t19-/m1/s1. The van der Waals surface area contributed by atoms with Crippen molar-refractivity contribution in [3.63, 3.8) is 0 Å². The van der Waals surface area contributed by atoms with E-state index in [1.54, 1.807) is 43.3 Å². The molecule has 0 bridgehead atoms. The molecule has 3 aromatic rings. The van der Waals surface area contributed by atoms with Crippen LogP contribution in [0.1, 0.15) is 20.8 Å². The zero-order valence-corrected chi connectivity index (χ0v) is 19.6. The van der Waals surface area contributed by atoms with Crippen molar-refractivity contribution in [1.29, 1.82) is 0 Å². The van der Waals surface area contributed by atoms with E-state index in [9.17, 15) is 13.2 Å². The zero-order chi connectivity index (χ0) is 23.8. The van der Waals surface area contributed by atoms with Crippen LogP contribution in [0.15, 0.2) is 83.8 Å². The Morgan fingerprint density at radius 1 is 0.848 bits per heavy atom. The summed E-state index contributed by atoms with van der Waals surface area (Å²) in [7, 11) is -3.87. The third-order valence-corrected chi connectivity index (χ3v) is 5.98. The summed E-state index contributed by atoms with van der Waals surface area (Å²) in [5.41, 5.74) is 0.317. The smallest absolute Gasteiger partial charge is 0.262 e. The van der Waals surface area contributed by atoms with Crippen LogP contribution in [0.2, 0.25) is 0 Å². The number of benzene rings is 3. The Morgan fingerprint density at radius 3 is 2.15 bits per heavy atom. The number of para-hydroxylation sites is 3. The van der Waals surface area contributed by atoms with Crippen molar-refractivity contribution < 1.29 is 22.7 Å². The molecule has 0 heterocycles. The van der Waals surface area contributed by atoms with E-state index >= 15 is 0 Å². The number of rotatable bonds is 10. The molecule has 0 aliphatic rings. The molecule has 3 aromatic carbocycles. The van der Waals surface area contributed by atoms with Gasteiger partial charge in [0.15, 0.2) is 11.9 Å². The minimum absolute atomic E-state index is 0.0567. The van der Waals surface area contributed by atoms with Crippen LogP contribution in [0.3, 0.4) is 0 Å². The van der Waals surface area contributed by atoms with Gasteiger partial charge in [0.05, 0.1) is 10.6 Å². The third kappa shape index (κ3) is 6.98. The fraction of sp³-hybridized carbons (Fsp3) is 0.240. The van der Waals surface area contributed by atoms with Crippen molar-refractivity contribution in [3.05, 3.63) is 78.9 Å². The van der Waals surface area contributed by atoms with E-state index in [4.69, 9.17) is 9.47 Å². The van der Waals surface area contributed by atoms with Crippen molar-refractivity contribution in [3.8, 4) is 17.2 Å². The second-order valence-corrected chi connectivity index (χ2v) is 9.57. The predicted molar refractivity (Wildman–Crippen MR) is 128 cm³/mol. The molecule has 33 heavy (non-hydrogen) atoms. The fourth-order valence-electron chi connectivity index (χ4n) is 2.86. The van der Waals surface area contributed by atoms with Crippen LogP contribution < -0.4 is 19.5 Å². The normalized spacial score (nSPS) is 12.1. The van der Waals surface area contributed by atoms with Gasteiger partial charge in [0, 0.05) is 6.54 Å². The van der Waals surface area contributed by atoms with Gasteiger partial charge in [-0.2, -0.15) is 0 Å². The molecule has 0 saturated heterocycles. The van der Waals surface area contributed by atoms with Gasteiger partial charge in [-0.05, 0) is 61.4 Å². The Balaban J connectivity index is 1.68. The molecule has 0 spiro atoms. The van der Waals surface area contributed by atoms with Gasteiger partial charge in [0.2, 0.25) is 0 Å². The SMILES string of the molecule is CC(C)CNC(=O)[C@@H](C)Oc1ccc(S(=O)(=O)Nc2ccccc2Oc2ccccc2)cc1. The van der Waals surface area contributed by atoms with Gasteiger partial charge in [-0.25, -0.2) is 8.42 Å². The van der Waals surface area contributed by atoms with E-state index in [1.807, 2.05) is 32.0 Å². The summed E-state index contributed by atoms with van der Waals surface area (Å²) >= 11 is 0. The van der Waals surface area contributed by atoms with Crippen molar-refractivity contribution in [2.24, 2.45) is 5.92 Å². The van der Waals surface area contributed by atoms with Crippen LogP contribution >= 0.6 is 0 Å². The van der Waals surface area contributed by atoms with Gasteiger partial charge < -0.3 is 14.8 Å². The minimum atomic E-state index is -3.87. The van der Waals surface area contributed by atoms with Crippen LogP contribution in [-0.2, 0) is 14.8 Å². The monoisotopic (exact) mass is 468 g/mol. The first-order valence-corrected chi connectivity index (χ1v) is 12.1. The van der Waals surface area contributed by atoms with E-state index in [0.29, 0.717) is 35.4 Å². The Hall–Kier alpha value is -3.52. The molecule has 0 aromatic heterocycles. The number of nitrogens with one attached hydrogen (secondary N) is 2.